The molecule has 0 aromatic heterocycles. The van der Waals surface area contributed by atoms with Crippen LogP contribution in [0, 0.1) is 10.1 Å². The maximum Gasteiger partial charge on any atom is 0.273 e. The quantitative estimate of drug-likeness (QED) is 0.473. The molecule has 0 amide bonds. The summed E-state index contributed by atoms with van der Waals surface area (Å²) in [7, 11) is 0. The molecule has 1 aromatic carbocycles. The van der Waals surface area contributed by atoms with Crippen molar-refractivity contribution in [1.82, 2.24) is 0 Å². The Labute approximate surface area is 89.2 Å². The van der Waals surface area contributed by atoms with Crippen molar-refractivity contribution < 1.29 is 9.72 Å². The number of aldehydes is 1. The Hall–Kier alpha value is -1.23. The molecule has 0 radical (unpaired) electrons. The first-order valence-corrected chi connectivity index (χ1v) is 4.81. The van der Waals surface area contributed by atoms with Crippen molar-refractivity contribution in [2.75, 3.05) is 0 Å². The Morgan fingerprint density at radius 2 is 2.21 bits per heavy atom. The van der Waals surface area contributed by atoms with Crippen LogP contribution in [0.5, 0.6) is 0 Å². The molecule has 0 fully saturated rings. The zero-order valence-corrected chi connectivity index (χ0v) is 8.86. The van der Waals surface area contributed by atoms with Gasteiger partial charge in [0.05, 0.1) is 4.92 Å². The van der Waals surface area contributed by atoms with Crippen molar-refractivity contribution in [3.8, 4) is 0 Å². The van der Waals surface area contributed by atoms with Gasteiger partial charge in [0.25, 0.3) is 5.69 Å². The lowest BCUT2D eigenvalue weighted by Crippen LogP contribution is -1.96. The van der Waals surface area contributed by atoms with Crippen LogP contribution in [0.2, 0.25) is 0 Å². The molecule has 0 atom stereocenters. The molecule has 0 unspecified atom stereocenters. The van der Waals surface area contributed by atoms with E-state index in [2.05, 4.69) is 15.9 Å². The van der Waals surface area contributed by atoms with Crippen molar-refractivity contribution in [1.29, 1.82) is 0 Å². The van der Waals surface area contributed by atoms with Gasteiger partial charge in [0.2, 0.25) is 0 Å². The zero-order chi connectivity index (χ0) is 10.6. The van der Waals surface area contributed by atoms with Gasteiger partial charge in [-0.05, 0) is 12.5 Å². The van der Waals surface area contributed by atoms with E-state index in [1.807, 2.05) is 0 Å². The van der Waals surface area contributed by atoms with Gasteiger partial charge in [-0.3, -0.25) is 10.1 Å². The highest BCUT2D eigenvalue weighted by Crippen LogP contribution is 2.24. The summed E-state index contributed by atoms with van der Waals surface area (Å²) in [6, 6.07) is 4.83. The maximum absolute atomic E-state index is 10.6. The number of aryl methyl sites for hydroxylation is 1. The van der Waals surface area contributed by atoms with Gasteiger partial charge in [0, 0.05) is 22.5 Å². The predicted molar refractivity (Wildman–Crippen MR) is 55.2 cm³/mol. The standard InChI is InChI=1S/C9H8BrNO3/c10-8-4-3-7(2-1-5-12)9(6-8)11(13)14/h3-6H,1-2H2. The molecule has 0 aliphatic rings. The lowest BCUT2D eigenvalue weighted by atomic mass is 10.1. The highest BCUT2D eigenvalue weighted by atomic mass is 79.9. The second kappa shape index (κ2) is 4.85. The second-order valence-electron chi connectivity index (χ2n) is 2.74. The van der Waals surface area contributed by atoms with Crippen LogP contribution in [0.25, 0.3) is 0 Å². The molecule has 1 aromatic rings. The number of carbonyl (C=O) groups excluding carboxylic acids is 1. The van der Waals surface area contributed by atoms with Crippen molar-refractivity contribution in [2.24, 2.45) is 0 Å². The van der Waals surface area contributed by atoms with E-state index < -0.39 is 4.92 Å². The van der Waals surface area contributed by atoms with E-state index in [-0.39, 0.29) is 5.69 Å². The molecule has 74 valence electrons. The first-order valence-electron chi connectivity index (χ1n) is 4.01. The summed E-state index contributed by atoms with van der Waals surface area (Å²) in [5.41, 5.74) is 0.645. The minimum atomic E-state index is -0.440. The van der Waals surface area contributed by atoms with E-state index in [4.69, 9.17) is 0 Å². The van der Waals surface area contributed by atoms with E-state index >= 15 is 0 Å². The smallest absolute Gasteiger partial charge is 0.273 e. The predicted octanol–water partition coefficient (Wildman–Crippen LogP) is 2.49. The SMILES string of the molecule is O=CCCc1ccc(Br)cc1[N+](=O)[O-]. The van der Waals surface area contributed by atoms with Gasteiger partial charge >= 0.3 is 0 Å². The lowest BCUT2D eigenvalue weighted by molar-refractivity contribution is -0.385. The molecule has 0 spiro atoms. The molecule has 5 heteroatoms. The molecular formula is C9H8BrNO3. The molecule has 1 rings (SSSR count). The molecule has 0 aliphatic carbocycles. The van der Waals surface area contributed by atoms with Crippen LogP contribution < -0.4 is 0 Å². The van der Waals surface area contributed by atoms with Crippen LogP contribution in [-0.4, -0.2) is 11.2 Å². The van der Waals surface area contributed by atoms with E-state index in [9.17, 15) is 14.9 Å². The largest absolute Gasteiger partial charge is 0.303 e. The average Bonchev–Trinajstić information content (AvgIpc) is 2.15. The Balaban J connectivity index is 3.01. The molecule has 0 saturated heterocycles. The molecule has 0 bridgehead atoms. The minimum absolute atomic E-state index is 0.0567. The fourth-order valence-corrected chi connectivity index (χ4v) is 1.48. The van der Waals surface area contributed by atoms with E-state index in [1.54, 1.807) is 12.1 Å². The van der Waals surface area contributed by atoms with E-state index in [1.165, 1.54) is 6.07 Å². The number of halogens is 1. The number of benzene rings is 1. The third kappa shape index (κ3) is 2.63. The Bertz CT molecular complexity index is 365. The van der Waals surface area contributed by atoms with Crippen molar-refractivity contribution >= 4 is 27.9 Å². The van der Waals surface area contributed by atoms with E-state index in [0.717, 1.165) is 6.29 Å². The Morgan fingerprint density at radius 3 is 2.79 bits per heavy atom. The maximum atomic E-state index is 10.6. The highest BCUT2D eigenvalue weighted by Gasteiger charge is 2.12. The summed E-state index contributed by atoms with van der Waals surface area (Å²) < 4.78 is 0.666. The van der Waals surface area contributed by atoms with Crippen LogP contribution in [0.4, 0.5) is 5.69 Å². The summed E-state index contributed by atoms with van der Waals surface area (Å²) in [6.07, 6.45) is 1.47. The summed E-state index contributed by atoms with van der Waals surface area (Å²) in [4.78, 5) is 20.3. The summed E-state index contributed by atoms with van der Waals surface area (Å²) >= 11 is 3.16. The van der Waals surface area contributed by atoms with Crippen molar-refractivity contribution in [2.45, 2.75) is 12.8 Å². The van der Waals surface area contributed by atoms with Crippen LogP contribution in [0.1, 0.15) is 12.0 Å². The number of nitro groups is 1. The van der Waals surface area contributed by atoms with Gasteiger partial charge in [-0.1, -0.05) is 22.0 Å². The summed E-state index contributed by atoms with van der Waals surface area (Å²) in [6.45, 7) is 0. The third-order valence-electron chi connectivity index (χ3n) is 1.78. The molecule has 0 saturated carbocycles. The van der Waals surface area contributed by atoms with Gasteiger partial charge in [0.1, 0.15) is 6.29 Å². The topological polar surface area (TPSA) is 60.2 Å². The second-order valence-corrected chi connectivity index (χ2v) is 3.65. The number of nitrogens with zero attached hydrogens (tertiary/aromatic N) is 1. The highest BCUT2D eigenvalue weighted by molar-refractivity contribution is 9.10. The summed E-state index contributed by atoms with van der Waals surface area (Å²) in [5, 5.41) is 10.6. The number of carbonyl (C=O) groups is 1. The van der Waals surface area contributed by atoms with Gasteiger partial charge in [-0.25, -0.2) is 0 Å². The van der Waals surface area contributed by atoms with Gasteiger partial charge in [0.15, 0.2) is 0 Å². The van der Waals surface area contributed by atoms with Crippen LogP contribution in [0.15, 0.2) is 22.7 Å². The molecule has 0 aliphatic heterocycles. The molecule has 0 heterocycles. The first kappa shape index (κ1) is 10.8. The monoisotopic (exact) mass is 257 g/mol. The zero-order valence-electron chi connectivity index (χ0n) is 7.27. The van der Waals surface area contributed by atoms with Crippen molar-refractivity contribution in [3.63, 3.8) is 0 Å². The van der Waals surface area contributed by atoms with Crippen LogP contribution in [0.3, 0.4) is 0 Å². The number of hydrogen-bond acceptors (Lipinski definition) is 3. The van der Waals surface area contributed by atoms with E-state index in [0.29, 0.717) is 22.9 Å². The number of rotatable bonds is 4. The molecular weight excluding hydrogens is 250 g/mol. The van der Waals surface area contributed by atoms with Crippen LogP contribution in [-0.2, 0) is 11.2 Å². The normalized spacial score (nSPS) is 9.79. The fraction of sp³-hybridized carbons (Fsp3) is 0.222. The van der Waals surface area contributed by atoms with Gasteiger partial charge in [-0.15, -0.1) is 0 Å². The van der Waals surface area contributed by atoms with Crippen molar-refractivity contribution in [3.05, 3.63) is 38.3 Å². The number of hydrogen-bond donors (Lipinski definition) is 0. The molecule has 14 heavy (non-hydrogen) atoms. The number of nitro benzene ring substituents is 1. The summed E-state index contributed by atoms with van der Waals surface area (Å²) in [5.74, 6) is 0. The lowest BCUT2D eigenvalue weighted by Gasteiger charge is -2.00. The Kier molecular flexibility index (Phi) is 3.76. The third-order valence-corrected chi connectivity index (χ3v) is 2.27. The first-order chi connectivity index (χ1) is 6.65. The van der Waals surface area contributed by atoms with Gasteiger partial charge < -0.3 is 4.79 Å². The minimum Gasteiger partial charge on any atom is -0.303 e. The average molecular weight is 258 g/mol. The van der Waals surface area contributed by atoms with Gasteiger partial charge in [-0.2, -0.15) is 0 Å². The fourth-order valence-electron chi connectivity index (χ4n) is 1.13. The molecule has 0 N–H and O–H groups in total. The van der Waals surface area contributed by atoms with Crippen LogP contribution >= 0.6 is 15.9 Å². The Morgan fingerprint density at radius 1 is 1.50 bits per heavy atom. The molecule has 4 nitrogen and oxygen atoms in total.